The van der Waals surface area contributed by atoms with Crippen molar-refractivity contribution >= 4 is 0 Å². The number of hydrogen-bond donors (Lipinski definition) is 2. The third-order valence-corrected chi connectivity index (χ3v) is 1.73. The van der Waals surface area contributed by atoms with Crippen LogP contribution in [-0.4, -0.2) is 24.9 Å². The van der Waals surface area contributed by atoms with Crippen LogP contribution in [0.3, 0.4) is 0 Å². The van der Waals surface area contributed by atoms with Gasteiger partial charge in [0.25, 0.3) is 0 Å². The topological polar surface area (TPSA) is 64.5 Å². The van der Waals surface area contributed by atoms with Gasteiger partial charge in [-0.1, -0.05) is 0 Å². The van der Waals surface area contributed by atoms with Crippen molar-refractivity contribution in [1.29, 1.82) is 0 Å². The van der Waals surface area contributed by atoms with Gasteiger partial charge in [0, 0.05) is 12.7 Å². The quantitative estimate of drug-likeness (QED) is 0.477. The Kier molecular flexibility index (Phi) is 4.89. The van der Waals surface area contributed by atoms with Gasteiger partial charge in [0.15, 0.2) is 0 Å². The summed E-state index contributed by atoms with van der Waals surface area (Å²) >= 11 is 0. The van der Waals surface area contributed by atoms with Crippen molar-refractivity contribution in [2.45, 2.75) is 26.9 Å². The number of allylic oxidation sites excluding steroid dienone is 1. The van der Waals surface area contributed by atoms with Crippen molar-refractivity contribution in [1.82, 2.24) is 5.06 Å². The number of hydroxylamine groups is 2. The Labute approximate surface area is 74.1 Å². The van der Waals surface area contributed by atoms with Gasteiger partial charge in [-0.3, -0.25) is 4.84 Å². The summed E-state index contributed by atoms with van der Waals surface area (Å²) in [5.74, 6) is 0. The zero-order valence-electron chi connectivity index (χ0n) is 8.29. The van der Waals surface area contributed by atoms with Crippen LogP contribution in [0.1, 0.15) is 20.8 Å². The first-order valence-corrected chi connectivity index (χ1v) is 3.98. The summed E-state index contributed by atoms with van der Waals surface area (Å²) in [6.45, 7) is 6.14. The Morgan fingerprint density at radius 3 is 2.33 bits per heavy atom. The number of nitrogens with zero attached hydrogens (tertiary/aromatic N) is 1. The second kappa shape index (κ2) is 5.13. The van der Waals surface area contributed by atoms with E-state index in [0.717, 1.165) is 11.3 Å². The predicted octanol–water partition coefficient (Wildman–Crippen LogP) is 0.407. The normalized spacial score (nSPS) is 16.2. The Hall–Kier alpha value is -0.580. The molecule has 1 atom stereocenters. The highest BCUT2D eigenvalue weighted by Crippen LogP contribution is 1.99. The molecule has 0 aliphatic carbocycles. The first kappa shape index (κ1) is 11.4. The highest BCUT2D eigenvalue weighted by Gasteiger charge is 2.03. The minimum atomic E-state index is -0.101. The summed E-state index contributed by atoms with van der Waals surface area (Å²) in [6.07, 6.45) is -0.101. The molecule has 4 nitrogen and oxygen atoms in total. The summed E-state index contributed by atoms with van der Waals surface area (Å²) in [5, 5.41) is 1.60. The average Bonchev–Trinajstić information content (AvgIpc) is 1.98. The van der Waals surface area contributed by atoms with Crippen LogP contribution in [0.25, 0.3) is 0 Å². The van der Waals surface area contributed by atoms with Crippen LogP contribution in [0.4, 0.5) is 0 Å². The molecule has 0 fully saturated rings. The molecule has 0 radical (unpaired) electrons. The highest BCUT2D eigenvalue weighted by atomic mass is 16.7. The molecule has 0 heterocycles. The maximum atomic E-state index is 5.55. The van der Waals surface area contributed by atoms with Gasteiger partial charge in [-0.05, 0) is 26.3 Å². The SMILES string of the molecule is C/C(N)=C(/C)CON(C)C(C)N. The fourth-order valence-corrected chi connectivity index (χ4v) is 0.430. The average molecular weight is 173 g/mol. The number of rotatable bonds is 4. The van der Waals surface area contributed by atoms with Crippen molar-refractivity contribution in [3.63, 3.8) is 0 Å². The van der Waals surface area contributed by atoms with E-state index in [0.29, 0.717) is 6.61 Å². The molecule has 0 aromatic rings. The summed E-state index contributed by atoms with van der Waals surface area (Å²) in [5.41, 5.74) is 12.9. The maximum absolute atomic E-state index is 5.55. The van der Waals surface area contributed by atoms with E-state index in [2.05, 4.69) is 0 Å². The molecular weight excluding hydrogens is 154 g/mol. The third kappa shape index (κ3) is 4.33. The Balaban J connectivity index is 3.77. The first-order chi connectivity index (χ1) is 5.45. The van der Waals surface area contributed by atoms with Gasteiger partial charge in [0.05, 0.1) is 12.8 Å². The third-order valence-electron chi connectivity index (χ3n) is 1.73. The minimum Gasteiger partial charge on any atom is -0.402 e. The van der Waals surface area contributed by atoms with E-state index >= 15 is 0 Å². The van der Waals surface area contributed by atoms with E-state index in [1.54, 1.807) is 12.1 Å². The molecule has 0 bridgehead atoms. The molecule has 1 unspecified atom stereocenters. The molecular formula is C8H19N3O. The van der Waals surface area contributed by atoms with Crippen molar-refractivity contribution in [2.24, 2.45) is 11.5 Å². The van der Waals surface area contributed by atoms with Crippen LogP contribution < -0.4 is 11.5 Å². The van der Waals surface area contributed by atoms with Gasteiger partial charge in [-0.15, -0.1) is 0 Å². The predicted molar refractivity (Wildman–Crippen MR) is 49.9 cm³/mol. The Bertz CT molecular complexity index is 162. The van der Waals surface area contributed by atoms with Crippen LogP contribution in [-0.2, 0) is 4.84 Å². The fraction of sp³-hybridized carbons (Fsp3) is 0.750. The van der Waals surface area contributed by atoms with Crippen LogP contribution in [0, 0.1) is 0 Å². The van der Waals surface area contributed by atoms with Gasteiger partial charge in [0.1, 0.15) is 0 Å². The first-order valence-electron chi connectivity index (χ1n) is 3.98. The molecule has 0 aliphatic heterocycles. The van der Waals surface area contributed by atoms with Crippen LogP contribution >= 0.6 is 0 Å². The van der Waals surface area contributed by atoms with Crippen LogP contribution in [0.15, 0.2) is 11.3 Å². The van der Waals surface area contributed by atoms with Crippen LogP contribution in [0.5, 0.6) is 0 Å². The largest absolute Gasteiger partial charge is 0.402 e. The Morgan fingerprint density at radius 1 is 1.50 bits per heavy atom. The van der Waals surface area contributed by atoms with Crippen molar-refractivity contribution in [2.75, 3.05) is 13.7 Å². The van der Waals surface area contributed by atoms with E-state index in [1.165, 1.54) is 0 Å². The van der Waals surface area contributed by atoms with Crippen molar-refractivity contribution in [3.05, 3.63) is 11.3 Å². The van der Waals surface area contributed by atoms with Gasteiger partial charge in [-0.2, -0.15) is 5.06 Å². The summed E-state index contributed by atoms with van der Waals surface area (Å²) in [6, 6.07) is 0. The molecule has 4 heteroatoms. The summed E-state index contributed by atoms with van der Waals surface area (Å²) < 4.78 is 0. The second-order valence-electron chi connectivity index (χ2n) is 3.02. The molecule has 72 valence electrons. The minimum absolute atomic E-state index is 0.101. The monoisotopic (exact) mass is 173 g/mol. The molecule has 12 heavy (non-hydrogen) atoms. The smallest absolute Gasteiger partial charge is 0.0913 e. The standard InChI is InChI=1S/C8H19N3O/c1-6(7(2)9)5-12-11(4)8(3)10/h8H,5,9-10H2,1-4H3/b7-6+. The maximum Gasteiger partial charge on any atom is 0.0913 e. The summed E-state index contributed by atoms with van der Waals surface area (Å²) in [4.78, 5) is 5.30. The van der Waals surface area contributed by atoms with Gasteiger partial charge in [-0.25, -0.2) is 0 Å². The molecule has 0 saturated carbocycles. The molecule has 0 saturated heterocycles. The zero-order valence-corrected chi connectivity index (χ0v) is 8.29. The Morgan fingerprint density at radius 2 is 2.00 bits per heavy atom. The van der Waals surface area contributed by atoms with E-state index < -0.39 is 0 Å². The molecule has 0 amide bonds. The lowest BCUT2D eigenvalue weighted by Gasteiger charge is -2.20. The lowest BCUT2D eigenvalue weighted by Crippen LogP contribution is -2.36. The highest BCUT2D eigenvalue weighted by molar-refractivity contribution is 5.05. The van der Waals surface area contributed by atoms with Gasteiger partial charge in [0.2, 0.25) is 0 Å². The zero-order chi connectivity index (χ0) is 9.72. The lowest BCUT2D eigenvalue weighted by molar-refractivity contribution is -0.154. The molecule has 0 rings (SSSR count). The van der Waals surface area contributed by atoms with E-state index in [9.17, 15) is 0 Å². The van der Waals surface area contributed by atoms with Crippen molar-refractivity contribution in [3.8, 4) is 0 Å². The number of nitrogens with two attached hydrogens (primary N) is 2. The summed E-state index contributed by atoms with van der Waals surface area (Å²) in [7, 11) is 1.80. The second-order valence-corrected chi connectivity index (χ2v) is 3.02. The van der Waals surface area contributed by atoms with Gasteiger partial charge < -0.3 is 11.5 Å². The molecule has 0 aromatic heterocycles. The molecule has 0 aliphatic rings. The molecule has 0 spiro atoms. The van der Waals surface area contributed by atoms with E-state index in [-0.39, 0.29) is 6.17 Å². The molecule has 0 aromatic carbocycles. The van der Waals surface area contributed by atoms with Crippen LogP contribution in [0.2, 0.25) is 0 Å². The fourth-order valence-electron chi connectivity index (χ4n) is 0.430. The van der Waals surface area contributed by atoms with E-state index in [1.807, 2.05) is 20.8 Å². The van der Waals surface area contributed by atoms with Crippen molar-refractivity contribution < 1.29 is 4.84 Å². The lowest BCUT2D eigenvalue weighted by atomic mass is 10.3. The molecule has 4 N–H and O–H groups in total. The number of hydrogen-bond acceptors (Lipinski definition) is 4. The van der Waals surface area contributed by atoms with E-state index in [4.69, 9.17) is 16.3 Å². The van der Waals surface area contributed by atoms with Gasteiger partial charge >= 0.3 is 0 Å².